The number of halogens is 1. The van der Waals surface area contributed by atoms with Crippen molar-refractivity contribution in [1.29, 1.82) is 0 Å². The van der Waals surface area contributed by atoms with Crippen LogP contribution in [0, 0.1) is 0 Å². The molecular weight excluding hydrogens is 278 g/mol. The molecule has 0 unspecified atom stereocenters. The van der Waals surface area contributed by atoms with Gasteiger partial charge in [-0.3, -0.25) is 0 Å². The van der Waals surface area contributed by atoms with Crippen LogP contribution in [0.5, 0.6) is 5.75 Å². The molecule has 2 aromatic carbocycles. The Morgan fingerprint density at radius 1 is 1.12 bits per heavy atom. The van der Waals surface area contributed by atoms with Gasteiger partial charge >= 0.3 is 0 Å². The number of anilines is 1. The van der Waals surface area contributed by atoms with Crippen LogP contribution in [0.4, 0.5) is 5.69 Å². The van der Waals surface area contributed by atoms with Gasteiger partial charge in [0, 0.05) is 16.7 Å². The molecule has 0 heterocycles. The summed E-state index contributed by atoms with van der Waals surface area (Å²) in [4.78, 5) is 0. The summed E-state index contributed by atoms with van der Waals surface area (Å²) in [6, 6.07) is 16.2. The molecule has 0 fully saturated rings. The first-order valence-corrected chi connectivity index (χ1v) is 6.19. The van der Waals surface area contributed by atoms with Gasteiger partial charge in [0.1, 0.15) is 5.75 Å². The summed E-state index contributed by atoms with van der Waals surface area (Å²) in [7, 11) is 1.68. The number of hydrogen-bond acceptors (Lipinski definition) is 2. The predicted molar refractivity (Wildman–Crippen MR) is 74.5 cm³/mol. The molecule has 0 aromatic heterocycles. The normalized spacial score (nSPS) is 10.0. The van der Waals surface area contributed by atoms with Crippen LogP contribution in [0.2, 0.25) is 0 Å². The van der Waals surface area contributed by atoms with E-state index in [1.807, 2.05) is 42.5 Å². The maximum atomic E-state index is 5.19. The van der Waals surface area contributed by atoms with E-state index < -0.39 is 0 Å². The molecule has 0 saturated carbocycles. The summed E-state index contributed by atoms with van der Waals surface area (Å²) in [6.45, 7) is 0.791. The van der Waals surface area contributed by atoms with Crippen LogP contribution >= 0.6 is 15.9 Å². The maximum absolute atomic E-state index is 5.19. The Bertz CT molecular complexity index is 482. The van der Waals surface area contributed by atoms with Gasteiger partial charge in [-0.05, 0) is 42.0 Å². The van der Waals surface area contributed by atoms with Crippen molar-refractivity contribution in [2.24, 2.45) is 0 Å². The fourth-order valence-electron chi connectivity index (χ4n) is 1.55. The predicted octanol–water partition coefficient (Wildman–Crippen LogP) is 4.07. The first-order chi connectivity index (χ1) is 8.28. The highest BCUT2D eigenvalue weighted by Crippen LogP contribution is 2.16. The molecule has 2 nitrogen and oxygen atoms in total. The fourth-order valence-corrected chi connectivity index (χ4v) is 1.82. The zero-order chi connectivity index (χ0) is 12.1. The summed E-state index contributed by atoms with van der Waals surface area (Å²) in [6.07, 6.45) is 0. The van der Waals surface area contributed by atoms with Crippen LogP contribution in [0.1, 0.15) is 5.56 Å². The van der Waals surface area contributed by atoms with Crippen LogP contribution in [-0.2, 0) is 6.54 Å². The van der Waals surface area contributed by atoms with E-state index in [9.17, 15) is 0 Å². The van der Waals surface area contributed by atoms with Gasteiger partial charge in [0.05, 0.1) is 7.11 Å². The third-order valence-corrected chi connectivity index (χ3v) is 3.00. The third kappa shape index (κ3) is 3.49. The van der Waals surface area contributed by atoms with E-state index in [4.69, 9.17) is 4.74 Å². The molecule has 0 bridgehead atoms. The molecular formula is C14H14BrNO. The van der Waals surface area contributed by atoms with Gasteiger partial charge in [-0.1, -0.05) is 28.1 Å². The molecule has 0 radical (unpaired) electrons. The minimum absolute atomic E-state index is 0.791. The van der Waals surface area contributed by atoms with Gasteiger partial charge in [0.25, 0.3) is 0 Å². The zero-order valence-corrected chi connectivity index (χ0v) is 11.2. The second-order valence-electron chi connectivity index (χ2n) is 3.71. The van der Waals surface area contributed by atoms with Crippen molar-refractivity contribution in [2.75, 3.05) is 12.4 Å². The van der Waals surface area contributed by atoms with Crippen molar-refractivity contribution in [3.05, 3.63) is 58.6 Å². The monoisotopic (exact) mass is 291 g/mol. The quantitative estimate of drug-likeness (QED) is 0.917. The van der Waals surface area contributed by atoms with Gasteiger partial charge in [0.2, 0.25) is 0 Å². The number of hydrogen-bond donors (Lipinski definition) is 1. The van der Waals surface area contributed by atoms with Crippen LogP contribution in [0.25, 0.3) is 0 Å². The first-order valence-electron chi connectivity index (χ1n) is 5.40. The van der Waals surface area contributed by atoms with Gasteiger partial charge in [-0.2, -0.15) is 0 Å². The highest BCUT2D eigenvalue weighted by molar-refractivity contribution is 9.10. The SMILES string of the molecule is COc1cccc(CNc2ccc(Br)cc2)c1. The molecule has 0 amide bonds. The van der Waals surface area contributed by atoms with Crippen LogP contribution in [0.15, 0.2) is 53.0 Å². The average molecular weight is 292 g/mol. The molecule has 88 valence electrons. The third-order valence-electron chi connectivity index (χ3n) is 2.48. The smallest absolute Gasteiger partial charge is 0.119 e. The highest BCUT2D eigenvalue weighted by Gasteiger charge is 1.96. The zero-order valence-electron chi connectivity index (χ0n) is 9.61. The Hall–Kier alpha value is -1.48. The Balaban J connectivity index is 1.99. The largest absolute Gasteiger partial charge is 0.497 e. The molecule has 0 aliphatic rings. The van der Waals surface area contributed by atoms with E-state index in [0.717, 1.165) is 22.5 Å². The lowest BCUT2D eigenvalue weighted by molar-refractivity contribution is 0.414. The van der Waals surface area contributed by atoms with Crippen molar-refractivity contribution in [2.45, 2.75) is 6.54 Å². The minimum Gasteiger partial charge on any atom is -0.497 e. The molecule has 0 aliphatic heterocycles. The lowest BCUT2D eigenvalue weighted by atomic mass is 10.2. The number of methoxy groups -OCH3 is 1. The summed E-state index contributed by atoms with van der Waals surface area (Å²) < 4.78 is 6.28. The van der Waals surface area contributed by atoms with Crippen LogP contribution < -0.4 is 10.1 Å². The summed E-state index contributed by atoms with van der Waals surface area (Å²) in [5.41, 5.74) is 2.31. The number of nitrogens with one attached hydrogen (secondary N) is 1. The van der Waals surface area contributed by atoms with E-state index in [1.165, 1.54) is 5.56 Å². The van der Waals surface area contributed by atoms with Crippen LogP contribution in [0.3, 0.4) is 0 Å². The second kappa shape index (κ2) is 5.73. The lowest BCUT2D eigenvalue weighted by Crippen LogP contribution is -1.99. The van der Waals surface area contributed by atoms with Crippen LogP contribution in [-0.4, -0.2) is 7.11 Å². The number of rotatable bonds is 4. The molecule has 0 aliphatic carbocycles. The van der Waals surface area contributed by atoms with Crippen molar-refractivity contribution >= 4 is 21.6 Å². The van der Waals surface area contributed by atoms with Gasteiger partial charge in [0.15, 0.2) is 0 Å². The van der Waals surface area contributed by atoms with Gasteiger partial charge < -0.3 is 10.1 Å². The average Bonchev–Trinajstić information content (AvgIpc) is 2.38. The Kier molecular flexibility index (Phi) is 4.04. The van der Waals surface area contributed by atoms with Crippen molar-refractivity contribution in [3.63, 3.8) is 0 Å². The van der Waals surface area contributed by atoms with Crippen molar-refractivity contribution < 1.29 is 4.74 Å². The van der Waals surface area contributed by atoms with Gasteiger partial charge in [-0.15, -0.1) is 0 Å². The van der Waals surface area contributed by atoms with E-state index in [2.05, 4.69) is 27.3 Å². The summed E-state index contributed by atoms with van der Waals surface area (Å²) in [5, 5.41) is 3.36. The van der Waals surface area contributed by atoms with Crippen molar-refractivity contribution in [1.82, 2.24) is 0 Å². The van der Waals surface area contributed by atoms with E-state index in [0.29, 0.717) is 0 Å². The standard InChI is InChI=1S/C14H14BrNO/c1-17-14-4-2-3-11(9-14)10-16-13-7-5-12(15)6-8-13/h2-9,16H,10H2,1H3. The summed E-state index contributed by atoms with van der Waals surface area (Å²) >= 11 is 3.42. The minimum atomic E-state index is 0.791. The molecule has 0 spiro atoms. The number of ether oxygens (including phenoxy) is 1. The Morgan fingerprint density at radius 3 is 2.59 bits per heavy atom. The Labute approximate surface area is 110 Å². The second-order valence-corrected chi connectivity index (χ2v) is 4.63. The maximum Gasteiger partial charge on any atom is 0.119 e. The lowest BCUT2D eigenvalue weighted by Gasteiger charge is -2.07. The molecule has 1 N–H and O–H groups in total. The topological polar surface area (TPSA) is 21.3 Å². The molecule has 2 rings (SSSR count). The summed E-state index contributed by atoms with van der Waals surface area (Å²) in [5.74, 6) is 0.889. The first kappa shape index (κ1) is 12.0. The molecule has 0 atom stereocenters. The molecule has 17 heavy (non-hydrogen) atoms. The number of benzene rings is 2. The van der Waals surface area contributed by atoms with E-state index >= 15 is 0 Å². The molecule has 2 aromatic rings. The Morgan fingerprint density at radius 2 is 1.88 bits per heavy atom. The molecule has 3 heteroatoms. The fraction of sp³-hybridized carbons (Fsp3) is 0.143. The highest BCUT2D eigenvalue weighted by atomic mass is 79.9. The van der Waals surface area contributed by atoms with Gasteiger partial charge in [-0.25, -0.2) is 0 Å². The van der Waals surface area contributed by atoms with E-state index in [-0.39, 0.29) is 0 Å². The van der Waals surface area contributed by atoms with Crippen molar-refractivity contribution in [3.8, 4) is 5.75 Å². The molecule has 0 saturated heterocycles. The van der Waals surface area contributed by atoms with E-state index in [1.54, 1.807) is 7.11 Å².